The van der Waals surface area contributed by atoms with Crippen molar-refractivity contribution in [3.05, 3.63) is 18.0 Å². The fraction of sp³-hybridized carbons (Fsp3) is 0.769. The van der Waals surface area contributed by atoms with Gasteiger partial charge >= 0.3 is 0 Å². The van der Waals surface area contributed by atoms with Gasteiger partial charge in [-0.1, -0.05) is 19.8 Å². The van der Waals surface area contributed by atoms with E-state index >= 15 is 0 Å². The molecule has 0 aromatic carbocycles. The van der Waals surface area contributed by atoms with Gasteiger partial charge in [-0.2, -0.15) is 5.10 Å². The van der Waals surface area contributed by atoms with Crippen LogP contribution in [-0.2, 0) is 6.54 Å². The zero-order valence-electron chi connectivity index (χ0n) is 10.4. The molecule has 0 radical (unpaired) electrons. The van der Waals surface area contributed by atoms with E-state index < -0.39 is 0 Å². The first-order valence-corrected chi connectivity index (χ1v) is 6.55. The van der Waals surface area contributed by atoms with Crippen molar-refractivity contribution in [2.45, 2.75) is 52.1 Å². The van der Waals surface area contributed by atoms with Gasteiger partial charge in [0.05, 0.1) is 6.20 Å². The summed E-state index contributed by atoms with van der Waals surface area (Å²) in [6, 6.07) is 0.426. The Morgan fingerprint density at radius 3 is 3.06 bits per heavy atom. The Morgan fingerprint density at radius 2 is 2.38 bits per heavy atom. The molecular weight excluding hydrogens is 198 g/mol. The molecule has 3 heteroatoms. The summed E-state index contributed by atoms with van der Waals surface area (Å²) in [6.07, 6.45) is 9.54. The van der Waals surface area contributed by atoms with Crippen molar-refractivity contribution in [3.8, 4) is 0 Å². The summed E-state index contributed by atoms with van der Waals surface area (Å²) in [5.41, 5.74) is 1.31. The molecule has 90 valence electrons. The second kappa shape index (κ2) is 5.48. The van der Waals surface area contributed by atoms with E-state index in [1.165, 1.54) is 31.2 Å². The molecule has 1 fully saturated rings. The smallest absolute Gasteiger partial charge is 0.0537 e. The summed E-state index contributed by atoms with van der Waals surface area (Å²) in [7, 11) is 0. The van der Waals surface area contributed by atoms with Crippen molar-refractivity contribution in [1.29, 1.82) is 0 Å². The number of hydrogen-bond acceptors (Lipinski definition) is 2. The highest BCUT2D eigenvalue weighted by molar-refractivity contribution is 5.09. The van der Waals surface area contributed by atoms with Crippen LogP contribution in [0.15, 0.2) is 12.4 Å². The van der Waals surface area contributed by atoms with Crippen molar-refractivity contribution in [1.82, 2.24) is 15.1 Å². The molecule has 1 aliphatic rings. The van der Waals surface area contributed by atoms with Gasteiger partial charge in [0, 0.05) is 24.3 Å². The third kappa shape index (κ3) is 3.34. The minimum Gasteiger partial charge on any atom is -0.310 e. The van der Waals surface area contributed by atoms with Crippen LogP contribution in [0.2, 0.25) is 0 Å². The molecule has 0 saturated heterocycles. The van der Waals surface area contributed by atoms with Crippen LogP contribution in [0, 0.1) is 5.92 Å². The van der Waals surface area contributed by atoms with Crippen LogP contribution in [0.25, 0.3) is 0 Å². The van der Waals surface area contributed by atoms with E-state index in [0.29, 0.717) is 6.04 Å². The first-order chi connectivity index (χ1) is 7.79. The van der Waals surface area contributed by atoms with Crippen molar-refractivity contribution >= 4 is 0 Å². The van der Waals surface area contributed by atoms with Crippen LogP contribution < -0.4 is 5.32 Å². The van der Waals surface area contributed by atoms with Crippen LogP contribution in [0.5, 0.6) is 0 Å². The highest BCUT2D eigenvalue weighted by atomic mass is 15.3. The average molecular weight is 221 g/mol. The van der Waals surface area contributed by atoms with Gasteiger partial charge in [0.2, 0.25) is 0 Å². The lowest BCUT2D eigenvalue weighted by Crippen LogP contribution is -2.18. The monoisotopic (exact) mass is 221 g/mol. The largest absolute Gasteiger partial charge is 0.310 e. The normalized spacial score (nSPS) is 17.6. The first-order valence-electron chi connectivity index (χ1n) is 6.55. The fourth-order valence-electron chi connectivity index (χ4n) is 1.93. The number of hydrogen-bond donors (Lipinski definition) is 1. The van der Waals surface area contributed by atoms with E-state index in [9.17, 15) is 0 Å². The van der Waals surface area contributed by atoms with Gasteiger partial charge in [0.1, 0.15) is 0 Å². The minimum atomic E-state index is 0.426. The zero-order valence-corrected chi connectivity index (χ0v) is 10.4. The number of nitrogens with zero attached hydrogens (tertiary/aromatic N) is 2. The molecule has 1 atom stereocenters. The maximum atomic E-state index is 4.42. The van der Waals surface area contributed by atoms with Crippen molar-refractivity contribution in [3.63, 3.8) is 0 Å². The molecule has 0 aliphatic heterocycles. The second-order valence-electron chi connectivity index (χ2n) is 4.94. The maximum Gasteiger partial charge on any atom is 0.0537 e. The maximum absolute atomic E-state index is 4.42. The van der Waals surface area contributed by atoms with Gasteiger partial charge in [0.15, 0.2) is 0 Å². The SMILES string of the molecule is CCCNC(C)c1cnn(CCC2CC2)c1. The lowest BCUT2D eigenvalue weighted by molar-refractivity contribution is 0.542. The molecule has 1 saturated carbocycles. The minimum absolute atomic E-state index is 0.426. The van der Waals surface area contributed by atoms with Crippen LogP contribution >= 0.6 is 0 Å². The third-order valence-corrected chi connectivity index (χ3v) is 3.32. The number of rotatable bonds is 7. The van der Waals surface area contributed by atoms with E-state index in [4.69, 9.17) is 0 Å². The van der Waals surface area contributed by atoms with Crippen molar-refractivity contribution < 1.29 is 0 Å². The molecule has 1 aromatic heterocycles. The summed E-state index contributed by atoms with van der Waals surface area (Å²) >= 11 is 0. The molecule has 0 spiro atoms. The topological polar surface area (TPSA) is 29.9 Å². The van der Waals surface area contributed by atoms with Gasteiger partial charge in [-0.3, -0.25) is 4.68 Å². The Balaban J connectivity index is 1.80. The van der Waals surface area contributed by atoms with Gasteiger partial charge in [-0.05, 0) is 32.2 Å². The zero-order chi connectivity index (χ0) is 11.4. The Kier molecular flexibility index (Phi) is 3.99. The Hall–Kier alpha value is -0.830. The molecule has 1 heterocycles. The van der Waals surface area contributed by atoms with E-state index in [-0.39, 0.29) is 0 Å². The van der Waals surface area contributed by atoms with Crippen molar-refractivity contribution in [2.24, 2.45) is 5.92 Å². The highest BCUT2D eigenvalue weighted by Gasteiger charge is 2.20. The Morgan fingerprint density at radius 1 is 1.56 bits per heavy atom. The number of aromatic nitrogens is 2. The molecule has 2 rings (SSSR count). The molecule has 16 heavy (non-hydrogen) atoms. The summed E-state index contributed by atoms with van der Waals surface area (Å²) in [4.78, 5) is 0. The predicted octanol–water partition coefficient (Wildman–Crippen LogP) is 2.74. The molecule has 0 amide bonds. The molecule has 3 nitrogen and oxygen atoms in total. The lowest BCUT2D eigenvalue weighted by Gasteiger charge is -2.10. The summed E-state index contributed by atoms with van der Waals surface area (Å²) in [6.45, 7) is 6.57. The van der Waals surface area contributed by atoms with E-state index in [1.54, 1.807) is 0 Å². The second-order valence-corrected chi connectivity index (χ2v) is 4.94. The molecular formula is C13H23N3. The average Bonchev–Trinajstić information content (AvgIpc) is 3.00. The first kappa shape index (κ1) is 11.6. The lowest BCUT2D eigenvalue weighted by atomic mass is 10.2. The molecule has 1 N–H and O–H groups in total. The van der Waals surface area contributed by atoms with E-state index in [1.807, 2.05) is 6.20 Å². The molecule has 1 aliphatic carbocycles. The Bertz CT molecular complexity index is 315. The van der Waals surface area contributed by atoms with Crippen LogP contribution in [0.1, 0.15) is 51.1 Å². The number of nitrogens with one attached hydrogen (secondary N) is 1. The number of aryl methyl sites for hydroxylation is 1. The van der Waals surface area contributed by atoms with Gasteiger partial charge in [0.25, 0.3) is 0 Å². The van der Waals surface area contributed by atoms with Crippen molar-refractivity contribution in [2.75, 3.05) is 6.54 Å². The van der Waals surface area contributed by atoms with Gasteiger partial charge in [-0.15, -0.1) is 0 Å². The molecule has 1 aromatic rings. The summed E-state index contributed by atoms with van der Waals surface area (Å²) in [5.74, 6) is 0.989. The predicted molar refractivity (Wildman–Crippen MR) is 66.3 cm³/mol. The van der Waals surface area contributed by atoms with Crippen LogP contribution in [0.4, 0.5) is 0 Å². The molecule has 0 bridgehead atoms. The highest BCUT2D eigenvalue weighted by Crippen LogP contribution is 2.32. The summed E-state index contributed by atoms with van der Waals surface area (Å²) < 4.78 is 2.10. The van der Waals surface area contributed by atoms with E-state index in [0.717, 1.165) is 19.0 Å². The van der Waals surface area contributed by atoms with Gasteiger partial charge in [-0.25, -0.2) is 0 Å². The van der Waals surface area contributed by atoms with Gasteiger partial charge < -0.3 is 5.32 Å². The van der Waals surface area contributed by atoms with E-state index in [2.05, 4.69) is 35.1 Å². The third-order valence-electron chi connectivity index (χ3n) is 3.32. The fourth-order valence-corrected chi connectivity index (χ4v) is 1.93. The quantitative estimate of drug-likeness (QED) is 0.767. The van der Waals surface area contributed by atoms with Crippen LogP contribution in [0.3, 0.4) is 0 Å². The summed E-state index contributed by atoms with van der Waals surface area (Å²) in [5, 5.41) is 7.91. The standard InChI is InChI=1S/C13H23N3/c1-3-7-14-11(2)13-9-15-16(10-13)8-6-12-4-5-12/h9-12,14H,3-8H2,1-2H3. The molecule has 1 unspecified atom stereocenters. The van der Waals surface area contributed by atoms with Crippen LogP contribution in [-0.4, -0.2) is 16.3 Å². The Labute approximate surface area is 98.2 Å².